The lowest BCUT2D eigenvalue weighted by molar-refractivity contribution is -0.384. The van der Waals surface area contributed by atoms with Gasteiger partial charge in [-0.2, -0.15) is 5.10 Å². The molecule has 1 unspecified atom stereocenters. The Morgan fingerprint density at radius 2 is 1.64 bits per heavy atom. The molecule has 0 amide bonds. The Kier molecular flexibility index (Phi) is 5.93. The number of aromatic nitrogens is 2. The number of benzene rings is 4. The Morgan fingerprint density at radius 1 is 0.857 bits per heavy atom. The van der Waals surface area contributed by atoms with E-state index in [4.69, 9.17) is 15.1 Å². The lowest BCUT2D eigenvalue weighted by Crippen LogP contribution is -2.46. The van der Waals surface area contributed by atoms with Crippen molar-refractivity contribution in [2.24, 2.45) is 9.98 Å². The topological polar surface area (TPSA) is 101 Å². The van der Waals surface area contributed by atoms with E-state index < -0.39 is 6.04 Å². The van der Waals surface area contributed by atoms with Crippen LogP contribution in [0.3, 0.4) is 0 Å². The molecule has 0 spiro atoms. The number of aliphatic imine (C=N–C) groups is 2. The SMILES string of the molecule is Cc1ccc(C)c(NC2=Nc3ccccc3N3C2=Nc2c(c(C)nn2-c2ccccc2)C3c2cccc([N+](=O)[O-])c2)c1. The van der Waals surface area contributed by atoms with Gasteiger partial charge in [0.15, 0.2) is 17.5 Å². The summed E-state index contributed by atoms with van der Waals surface area (Å²) in [5.74, 6) is 1.86. The minimum Gasteiger partial charge on any atom is -0.337 e. The van der Waals surface area contributed by atoms with Gasteiger partial charge in [-0.1, -0.05) is 54.6 Å². The van der Waals surface area contributed by atoms with Crippen molar-refractivity contribution in [3.8, 4) is 5.69 Å². The number of nitro groups is 1. The highest BCUT2D eigenvalue weighted by atomic mass is 16.6. The van der Waals surface area contributed by atoms with Gasteiger partial charge >= 0.3 is 0 Å². The molecule has 0 fully saturated rings. The molecular formula is C33H27N7O2. The van der Waals surface area contributed by atoms with Crippen molar-refractivity contribution in [3.63, 3.8) is 0 Å². The van der Waals surface area contributed by atoms with E-state index in [9.17, 15) is 10.1 Å². The summed E-state index contributed by atoms with van der Waals surface area (Å²) in [6, 6.07) is 30.4. The molecule has 0 aliphatic carbocycles. The van der Waals surface area contributed by atoms with E-state index in [0.29, 0.717) is 17.5 Å². The second-order valence-corrected chi connectivity index (χ2v) is 10.5. The van der Waals surface area contributed by atoms with Gasteiger partial charge in [0.2, 0.25) is 0 Å². The van der Waals surface area contributed by atoms with Crippen LogP contribution in [0, 0.1) is 30.9 Å². The Balaban J connectivity index is 1.51. The summed E-state index contributed by atoms with van der Waals surface area (Å²) in [5, 5.41) is 20.4. The van der Waals surface area contributed by atoms with Crippen LogP contribution in [0.1, 0.15) is 34.0 Å². The van der Waals surface area contributed by atoms with Crippen molar-refractivity contribution in [1.29, 1.82) is 0 Å². The standard InChI is InChI=1S/C33H27N7O2/c1-20-16-17-21(2)27(18-20)35-31-33-36-32-29(22(3)37-39(32)24-11-5-4-6-12-24)30(23-10-9-13-25(19-23)40(41)42)38(33)28-15-8-7-14-26(28)34-31/h4-19,30H,1-3H3,(H,34,35). The molecule has 5 aromatic rings. The molecule has 9 nitrogen and oxygen atoms in total. The van der Waals surface area contributed by atoms with Crippen molar-refractivity contribution in [1.82, 2.24) is 9.78 Å². The predicted molar refractivity (Wildman–Crippen MR) is 166 cm³/mol. The number of hydrogen-bond acceptors (Lipinski definition) is 7. The number of non-ortho nitro benzene ring substituents is 1. The Labute approximate surface area is 242 Å². The first-order valence-electron chi connectivity index (χ1n) is 13.7. The van der Waals surface area contributed by atoms with Crippen LogP contribution in [-0.2, 0) is 0 Å². The Hall–Kier alpha value is -5.57. The molecule has 1 aromatic heterocycles. The zero-order valence-electron chi connectivity index (χ0n) is 23.3. The quantitative estimate of drug-likeness (QED) is 0.183. The van der Waals surface area contributed by atoms with E-state index in [0.717, 1.165) is 50.7 Å². The fourth-order valence-electron chi connectivity index (χ4n) is 5.67. The average molecular weight is 554 g/mol. The zero-order valence-corrected chi connectivity index (χ0v) is 23.3. The number of rotatable bonds is 4. The van der Waals surface area contributed by atoms with Gasteiger partial charge in [0.1, 0.15) is 0 Å². The molecule has 0 saturated heterocycles. The monoisotopic (exact) mass is 553 g/mol. The van der Waals surface area contributed by atoms with Crippen LogP contribution < -0.4 is 10.2 Å². The van der Waals surface area contributed by atoms with E-state index in [1.165, 1.54) is 6.07 Å². The number of amidine groups is 2. The van der Waals surface area contributed by atoms with Crippen LogP contribution >= 0.6 is 0 Å². The van der Waals surface area contributed by atoms with Crippen molar-refractivity contribution in [3.05, 3.63) is 135 Å². The van der Waals surface area contributed by atoms with Crippen LogP contribution in [0.5, 0.6) is 0 Å². The summed E-state index contributed by atoms with van der Waals surface area (Å²) in [6.45, 7) is 6.07. The van der Waals surface area contributed by atoms with Gasteiger partial charge in [0, 0.05) is 23.4 Å². The number of anilines is 2. The third-order valence-electron chi connectivity index (χ3n) is 7.68. The highest BCUT2D eigenvalue weighted by Gasteiger charge is 2.41. The molecule has 3 heterocycles. The van der Waals surface area contributed by atoms with Crippen molar-refractivity contribution < 1.29 is 4.92 Å². The van der Waals surface area contributed by atoms with E-state index in [1.807, 2.05) is 72.3 Å². The molecule has 1 atom stereocenters. The summed E-state index contributed by atoms with van der Waals surface area (Å²) in [5.41, 5.74) is 8.09. The first-order valence-corrected chi connectivity index (χ1v) is 13.7. The maximum atomic E-state index is 11.9. The largest absolute Gasteiger partial charge is 0.337 e. The number of fused-ring (bicyclic) bond motifs is 4. The van der Waals surface area contributed by atoms with E-state index in [-0.39, 0.29) is 10.6 Å². The second-order valence-electron chi connectivity index (χ2n) is 10.5. The number of nitrogens with zero attached hydrogens (tertiary/aromatic N) is 6. The highest BCUT2D eigenvalue weighted by molar-refractivity contribution is 6.51. The van der Waals surface area contributed by atoms with Gasteiger partial charge in [0.05, 0.1) is 33.7 Å². The molecule has 0 saturated carbocycles. The maximum absolute atomic E-state index is 11.9. The van der Waals surface area contributed by atoms with Crippen LogP contribution in [0.2, 0.25) is 0 Å². The molecule has 2 aliphatic heterocycles. The molecule has 206 valence electrons. The third-order valence-corrected chi connectivity index (χ3v) is 7.68. The number of hydrogen-bond donors (Lipinski definition) is 1. The van der Waals surface area contributed by atoms with Gasteiger partial charge in [0.25, 0.3) is 5.69 Å². The Bertz CT molecular complexity index is 1940. The molecule has 42 heavy (non-hydrogen) atoms. The van der Waals surface area contributed by atoms with Crippen molar-refractivity contribution in [2.45, 2.75) is 26.8 Å². The lowest BCUT2D eigenvalue weighted by Gasteiger charge is -2.40. The minimum atomic E-state index is -0.447. The van der Waals surface area contributed by atoms with Crippen LogP contribution in [0.25, 0.3) is 5.69 Å². The van der Waals surface area contributed by atoms with Gasteiger partial charge in [-0.3, -0.25) is 10.1 Å². The molecule has 9 heteroatoms. The normalized spacial score (nSPS) is 15.2. The van der Waals surface area contributed by atoms with Crippen molar-refractivity contribution >= 4 is 40.2 Å². The van der Waals surface area contributed by atoms with Crippen LogP contribution in [0.15, 0.2) is 107 Å². The number of para-hydroxylation sites is 3. The van der Waals surface area contributed by atoms with Gasteiger partial charge in [-0.15, -0.1) is 0 Å². The van der Waals surface area contributed by atoms with Crippen LogP contribution in [0.4, 0.5) is 28.6 Å². The first kappa shape index (κ1) is 25.4. The molecule has 0 radical (unpaired) electrons. The summed E-state index contributed by atoms with van der Waals surface area (Å²) in [6.07, 6.45) is 0. The molecule has 2 aliphatic rings. The summed E-state index contributed by atoms with van der Waals surface area (Å²) in [4.78, 5) is 23.9. The first-order chi connectivity index (χ1) is 20.4. The summed E-state index contributed by atoms with van der Waals surface area (Å²) >= 11 is 0. The highest BCUT2D eigenvalue weighted by Crippen LogP contribution is 2.48. The molecule has 4 aromatic carbocycles. The number of nitro benzene ring substituents is 1. The average Bonchev–Trinajstić information content (AvgIpc) is 3.34. The molecule has 1 N–H and O–H groups in total. The van der Waals surface area contributed by atoms with Crippen LogP contribution in [-0.4, -0.2) is 26.4 Å². The number of nitrogens with one attached hydrogen (secondary N) is 1. The van der Waals surface area contributed by atoms with Crippen molar-refractivity contribution in [2.75, 3.05) is 10.2 Å². The van der Waals surface area contributed by atoms with Gasteiger partial charge in [-0.05, 0) is 67.8 Å². The lowest BCUT2D eigenvalue weighted by atomic mass is 9.93. The maximum Gasteiger partial charge on any atom is 0.269 e. The summed E-state index contributed by atoms with van der Waals surface area (Å²) < 4.78 is 1.84. The predicted octanol–water partition coefficient (Wildman–Crippen LogP) is 7.50. The van der Waals surface area contributed by atoms with E-state index >= 15 is 0 Å². The van der Waals surface area contributed by atoms with E-state index in [1.54, 1.807) is 12.1 Å². The second kappa shape index (κ2) is 9.81. The fraction of sp³-hybridized carbons (Fsp3) is 0.121. The molecule has 7 rings (SSSR count). The third kappa shape index (κ3) is 4.14. The van der Waals surface area contributed by atoms with E-state index in [2.05, 4.69) is 42.3 Å². The zero-order chi connectivity index (χ0) is 29.0. The number of aryl methyl sites for hydroxylation is 3. The molecular weight excluding hydrogens is 526 g/mol. The Morgan fingerprint density at radius 3 is 2.45 bits per heavy atom. The molecule has 0 bridgehead atoms. The van der Waals surface area contributed by atoms with Gasteiger partial charge < -0.3 is 10.2 Å². The minimum absolute atomic E-state index is 0.0268. The fourth-order valence-corrected chi connectivity index (χ4v) is 5.67. The summed E-state index contributed by atoms with van der Waals surface area (Å²) in [7, 11) is 0. The smallest absolute Gasteiger partial charge is 0.269 e. The van der Waals surface area contributed by atoms with Gasteiger partial charge in [-0.25, -0.2) is 14.7 Å².